The molecular weight excluding hydrogens is 293 g/mol. The Morgan fingerprint density at radius 3 is 2.35 bits per heavy atom. The number of carbonyl (C=O) groups is 1. The van der Waals surface area contributed by atoms with Crippen LogP contribution in [0.2, 0.25) is 0 Å². The molecule has 2 rings (SSSR count). The third-order valence-electron chi connectivity index (χ3n) is 4.22. The average molecular weight is 315 g/mol. The SMILES string of the molecule is CC(c1ccccc1F)N(C)C(=O)CC(C)(O)c1ccccc1. The largest absolute Gasteiger partial charge is 0.385 e. The average Bonchev–Trinajstić information content (AvgIpc) is 2.54. The summed E-state index contributed by atoms with van der Waals surface area (Å²) in [5.41, 5.74) is -0.121. The van der Waals surface area contributed by atoms with Gasteiger partial charge >= 0.3 is 0 Å². The van der Waals surface area contributed by atoms with Crippen LogP contribution in [-0.2, 0) is 10.4 Å². The molecule has 2 unspecified atom stereocenters. The summed E-state index contributed by atoms with van der Waals surface area (Å²) in [4.78, 5) is 14.0. The van der Waals surface area contributed by atoms with Crippen molar-refractivity contribution in [2.75, 3.05) is 7.05 Å². The second-order valence-electron chi connectivity index (χ2n) is 6.02. The Bertz CT molecular complexity index is 670. The van der Waals surface area contributed by atoms with E-state index in [1.165, 1.54) is 11.0 Å². The summed E-state index contributed by atoms with van der Waals surface area (Å²) in [6.45, 7) is 3.38. The highest BCUT2D eigenvalue weighted by Crippen LogP contribution is 2.28. The zero-order valence-corrected chi connectivity index (χ0v) is 13.7. The second-order valence-corrected chi connectivity index (χ2v) is 6.02. The van der Waals surface area contributed by atoms with Crippen LogP contribution < -0.4 is 0 Å². The quantitative estimate of drug-likeness (QED) is 0.915. The van der Waals surface area contributed by atoms with Crippen LogP contribution >= 0.6 is 0 Å². The molecule has 0 fully saturated rings. The van der Waals surface area contributed by atoms with Crippen molar-refractivity contribution in [1.29, 1.82) is 0 Å². The third-order valence-corrected chi connectivity index (χ3v) is 4.22. The van der Waals surface area contributed by atoms with E-state index in [9.17, 15) is 14.3 Å². The molecule has 4 heteroatoms. The molecule has 1 N–H and O–H groups in total. The highest BCUT2D eigenvalue weighted by molar-refractivity contribution is 5.77. The fraction of sp³-hybridized carbons (Fsp3) is 0.316. The number of nitrogens with zero attached hydrogens (tertiary/aromatic N) is 1. The molecule has 23 heavy (non-hydrogen) atoms. The Balaban J connectivity index is 2.12. The number of hydrogen-bond acceptors (Lipinski definition) is 2. The number of benzene rings is 2. The van der Waals surface area contributed by atoms with Crippen LogP contribution in [0, 0.1) is 5.82 Å². The van der Waals surface area contributed by atoms with E-state index in [4.69, 9.17) is 0 Å². The third kappa shape index (κ3) is 3.96. The normalized spacial score (nSPS) is 14.8. The molecule has 0 radical (unpaired) electrons. The Hall–Kier alpha value is -2.20. The van der Waals surface area contributed by atoms with Gasteiger partial charge in [-0.1, -0.05) is 48.5 Å². The smallest absolute Gasteiger partial charge is 0.226 e. The van der Waals surface area contributed by atoms with E-state index in [0.29, 0.717) is 11.1 Å². The number of hydrogen-bond donors (Lipinski definition) is 1. The molecule has 0 aliphatic heterocycles. The van der Waals surface area contributed by atoms with E-state index in [1.54, 1.807) is 51.2 Å². The minimum Gasteiger partial charge on any atom is -0.385 e. The van der Waals surface area contributed by atoms with Crippen molar-refractivity contribution in [3.63, 3.8) is 0 Å². The van der Waals surface area contributed by atoms with Gasteiger partial charge in [-0.15, -0.1) is 0 Å². The van der Waals surface area contributed by atoms with Gasteiger partial charge in [-0.2, -0.15) is 0 Å². The molecule has 0 aliphatic carbocycles. The van der Waals surface area contributed by atoms with Gasteiger partial charge in [0.25, 0.3) is 0 Å². The Kier molecular flexibility index (Phi) is 5.16. The van der Waals surface area contributed by atoms with Crippen LogP contribution in [0.25, 0.3) is 0 Å². The van der Waals surface area contributed by atoms with Crippen LogP contribution in [0.3, 0.4) is 0 Å². The monoisotopic (exact) mass is 315 g/mol. The zero-order valence-electron chi connectivity index (χ0n) is 13.7. The van der Waals surface area contributed by atoms with Crippen molar-refractivity contribution < 1.29 is 14.3 Å². The van der Waals surface area contributed by atoms with E-state index in [2.05, 4.69) is 0 Å². The van der Waals surface area contributed by atoms with Gasteiger partial charge in [0, 0.05) is 12.6 Å². The molecule has 0 aromatic heterocycles. The number of rotatable bonds is 5. The summed E-state index contributed by atoms with van der Waals surface area (Å²) in [6.07, 6.45) is -0.0632. The molecule has 0 aliphatic rings. The second kappa shape index (κ2) is 6.92. The molecule has 3 nitrogen and oxygen atoms in total. The molecular formula is C19H22FNO2. The lowest BCUT2D eigenvalue weighted by molar-refractivity contribution is -0.136. The van der Waals surface area contributed by atoms with E-state index < -0.39 is 11.6 Å². The summed E-state index contributed by atoms with van der Waals surface area (Å²) < 4.78 is 13.9. The lowest BCUT2D eigenvalue weighted by Crippen LogP contribution is -2.36. The lowest BCUT2D eigenvalue weighted by Gasteiger charge is -2.30. The standard InChI is InChI=1S/C19H22FNO2/c1-14(16-11-7-8-12-17(16)20)21(3)18(22)13-19(2,23)15-9-5-4-6-10-15/h4-12,14,23H,13H2,1-3H3. The van der Waals surface area contributed by atoms with Crippen molar-refractivity contribution in [1.82, 2.24) is 4.90 Å². The fourth-order valence-electron chi connectivity index (χ4n) is 2.56. The van der Waals surface area contributed by atoms with E-state index in [0.717, 1.165) is 0 Å². The molecule has 2 aromatic carbocycles. The summed E-state index contributed by atoms with van der Waals surface area (Å²) >= 11 is 0. The summed E-state index contributed by atoms with van der Waals surface area (Å²) in [7, 11) is 1.63. The first-order valence-electron chi connectivity index (χ1n) is 7.61. The topological polar surface area (TPSA) is 40.5 Å². The maximum Gasteiger partial charge on any atom is 0.226 e. The Labute approximate surface area is 136 Å². The van der Waals surface area contributed by atoms with E-state index in [1.807, 2.05) is 18.2 Å². The summed E-state index contributed by atoms with van der Waals surface area (Å²) in [5.74, 6) is -0.580. The van der Waals surface area contributed by atoms with Crippen molar-refractivity contribution in [2.24, 2.45) is 0 Å². The van der Waals surface area contributed by atoms with Gasteiger partial charge in [-0.05, 0) is 25.5 Å². The van der Waals surface area contributed by atoms with Crippen molar-refractivity contribution >= 4 is 5.91 Å². The van der Waals surface area contributed by atoms with Crippen molar-refractivity contribution in [3.8, 4) is 0 Å². The lowest BCUT2D eigenvalue weighted by atomic mass is 9.91. The molecule has 0 heterocycles. The Morgan fingerprint density at radius 2 is 1.74 bits per heavy atom. The number of aliphatic hydroxyl groups is 1. The van der Waals surface area contributed by atoms with Crippen molar-refractivity contribution in [2.45, 2.75) is 31.9 Å². The van der Waals surface area contributed by atoms with E-state index >= 15 is 0 Å². The molecule has 0 saturated heterocycles. The van der Waals surface area contributed by atoms with Gasteiger partial charge in [-0.25, -0.2) is 4.39 Å². The van der Waals surface area contributed by atoms with Gasteiger partial charge in [0.05, 0.1) is 18.1 Å². The molecule has 0 spiro atoms. The van der Waals surface area contributed by atoms with Crippen molar-refractivity contribution in [3.05, 3.63) is 71.5 Å². The minimum absolute atomic E-state index is 0.0632. The molecule has 0 saturated carbocycles. The highest BCUT2D eigenvalue weighted by Gasteiger charge is 2.30. The van der Waals surface area contributed by atoms with Crippen LogP contribution in [0.1, 0.15) is 37.4 Å². The minimum atomic E-state index is -1.26. The summed E-state index contributed by atoms with van der Waals surface area (Å²) in [5, 5.41) is 10.6. The maximum atomic E-state index is 13.9. The van der Waals surface area contributed by atoms with Crippen LogP contribution in [0.15, 0.2) is 54.6 Å². The predicted molar refractivity (Wildman–Crippen MR) is 88.2 cm³/mol. The van der Waals surface area contributed by atoms with Gasteiger partial charge in [0.15, 0.2) is 0 Å². The highest BCUT2D eigenvalue weighted by atomic mass is 19.1. The first-order chi connectivity index (χ1) is 10.8. The molecule has 122 valence electrons. The van der Waals surface area contributed by atoms with Gasteiger partial charge < -0.3 is 10.0 Å². The molecule has 2 aromatic rings. The van der Waals surface area contributed by atoms with Crippen LogP contribution in [-0.4, -0.2) is 23.0 Å². The first kappa shape index (κ1) is 17.2. The maximum absolute atomic E-state index is 13.9. The Morgan fingerprint density at radius 1 is 1.17 bits per heavy atom. The number of amides is 1. The predicted octanol–water partition coefficient (Wildman–Crippen LogP) is 3.64. The van der Waals surface area contributed by atoms with Gasteiger partial charge in [-0.3, -0.25) is 4.79 Å². The fourth-order valence-corrected chi connectivity index (χ4v) is 2.56. The molecule has 0 bridgehead atoms. The zero-order chi connectivity index (χ0) is 17.0. The number of halogens is 1. The van der Waals surface area contributed by atoms with Crippen LogP contribution in [0.4, 0.5) is 4.39 Å². The molecule has 1 amide bonds. The van der Waals surface area contributed by atoms with Crippen LogP contribution in [0.5, 0.6) is 0 Å². The number of carbonyl (C=O) groups excluding carboxylic acids is 1. The molecule has 2 atom stereocenters. The van der Waals surface area contributed by atoms with Gasteiger partial charge in [0.1, 0.15) is 5.82 Å². The first-order valence-corrected chi connectivity index (χ1v) is 7.61. The summed E-state index contributed by atoms with van der Waals surface area (Å²) in [6, 6.07) is 15.1. The van der Waals surface area contributed by atoms with E-state index in [-0.39, 0.29) is 18.1 Å². The van der Waals surface area contributed by atoms with Gasteiger partial charge in [0.2, 0.25) is 5.91 Å².